The minimum absolute atomic E-state index is 0.0233. The zero-order chi connectivity index (χ0) is 64.1. The molecule has 14 atom stereocenters. The molecule has 0 amide bonds. The summed E-state index contributed by atoms with van der Waals surface area (Å²) >= 11 is 0. The van der Waals surface area contributed by atoms with Gasteiger partial charge in [-0.2, -0.15) is 0 Å². The summed E-state index contributed by atoms with van der Waals surface area (Å²) in [5.41, 5.74) is -3.61. The standard InChI is InChI=1S/2C14H16O8.2C13H14O8/c1-6(2)13(18)20-5-10(15)22-11-8(12(16)17)3-7-4-9(11)21-14(7)19;1-7(2)11(16)20-6-10(15)22-14(13(18)19)4-3-8-5-9(14)21-12(8)17;1-2-9(14)19-5-10(15)21-11-7(12(16)17)3-6-4-8(11)20-13(6)18;1-2-9(14)19-6-10(15)21-13(12(17)18)4-3-7-5-8(13)20-11(7)16/h7-9,11H,1,3-5H2,2H3,(H,16,17);8-9H,1,3-6H2,2H3,(H,18,19);2,6-8,11H,1,3-5H2,(H,16,17);2,7-8H,1,3-6H2,(H,17,18). The van der Waals surface area contributed by atoms with Gasteiger partial charge in [-0.3, -0.25) is 28.8 Å². The number of carbonyl (C=O) groups is 16. The molecule has 8 rings (SSSR count). The number of rotatable bonds is 20. The van der Waals surface area contributed by atoms with Crippen LogP contribution >= 0.6 is 0 Å². The molecule has 4 aliphatic carbocycles. The topological polar surface area (TPSA) is 465 Å². The SMILES string of the molecule is C=C(C)C(=O)OCC(=O)OC1(C(=O)O)CCC2CC1OC2=O.C=C(C)C(=O)OCC(=O)OC1C2CC(CC1C(=O)O)C(=O)O2.C=CC(=O)OCC(=O)OC1(C(=O)O)CCC2CC1OC2=O.C=CC(=O)OCC(=O)OC1C2CC(CC1C(=O)O)C(=O)O2. The van der Waals surface area contributed by atoms with Gasteiger partial charge < -0.3 is 77.3 Å². The number of hydrogen-bond donors (Lipinski definition) is 4. The fraction of sp³-hybridized carbons (Fsp3) is 0.556. The summed E-state index contributed by atoms with van der Waals surface area (Å²) in [4.78, 5) is 182. The first kappa shape index (κ1) is 67.3. The smallest absolute Gasteiger partial charge is 0.352 e. The van der Waals surface area contributed by atoms with Gasteiger partial charge in [-0.15, -0.1) is 0 Å². The van der Waals surface area contributed by atoms with Gasteiger partial charge in [0.25, 0.3) is 0 Å². The molecular formula is C54H60O32. The average molecular weight is 1220 g/mol. The molecular weight excluding hydrogens is 1160 g/mol. The van der Waals surface area contributed by atoms with Gasteiger partial charge in [0.1, 0.15) is 12.2 Å². The number of carboxylic acids is 4. The third-order valence-corrected chi connectivity index (χ3v) is 14.6. The Balaban J connectivity index is 0.000000209. The number of carbonyl (C=O) groups excluding carboxylic acids is 12. The largest absolute Gasteiger partial charge is 0.481 e. The van der Waals surface area contributed by atoms with Crippen LogP contribution in [0.25, 0.3) is 0 Å². The molecule has 14 unspecified atom stereocenters. The molecule has 4 heterocycles. The predicted molar refractivity (Wildman–Crippen MR) is 268 cm³/mol. The number of hydrogen-bond acceptors (Lipinski definition) is 28. The van der Waals surface area contributed by atoms with E-state index >= 15 is 0 Å². The first-order valence-electron chi connectivity index (χ1n) is 26.2. The lowest BCUT2D eigenvalue weighted by atomic mass is 9.78. The molecule has 468 valence electrons. The Kier molecular flexibility index (Phi) is 22.6. The highest BCUT2D eigenvalue weighted by Gasteiger charge is 2.62. The number of ether oxygens (including phenoxy) is 12. The van der Waals surface area contributed by atoms with Crippen LogP contribution in [0.4, 0.5) is 0 Å². The molecule has 8 fully saturated rings. The van der Waals surface area contributed by atoms with Crippen LogP contribution < -0.4 is 0 Å². The van der Waals surface area contributed by atoms with Crippen molar-refractivity contribution in [1.82, 2.24) is 0 Å². The van der Waals surface area contributed by atoms with Gasteiger partial charge in [0.2, 0.25) is 11.2 Å². The molecule has 8 aliphatic rings. The van der Waals surface area contributed by atoms with Gasteiger partial charge >= 0.3 is 95.5 Å². The highest BCUT2D eigenvalue weighted by Crippen LogP contribution is 2.45. The Morgan fingerprint density at radius 2 is 0.802 bits per heavy atom. The van der Waals surface area contributed by atoms with E-state index in [4.69, 9.17) is 37.9 Å². The maximum absolute atomic E-state index is 11.8. The summed E-state index contributed by atoms with van der Waals surface area (Å²) in [7, 11) is 0. The van der Waals surface area contributed by atoms with Gasteiger partial charge in [0, 0.05) is 61.8 Å². The van der Waals surface area contributed by atoms with Crippen LogP contribution in [-0.4, -0.2) is 190 Å². The molecule has 0 aromatic carbocycles. The molecule has 4 N–H and O–H groups in total. The second kappa shape index (κ2) is 28.8. The van der Waals surface area contributed by atoms with Crippen molar-refractivity contribution in [2.24, 2.45) is 35.5 Å². The lowest BCUT2D eigenvalue weighted by Crippen LogP contribution is -2.54. The molecule has 0 radical (unpaired) electrons. The van der Waals surface area contributed by atoms with Crippen molar-refractivity contribution in [3.8, 4) is 0 Å². The highest BCUT2D eigenvalue weighted by atomic mass is 16.7. The summed E-state index contributed by atoms with van der Waals surface area (Å²) in [6, 6.07) is 0. The number of aliphatic carboxylic acids is 4. The average Bonchev–Trinajstić information content (AvgIpc) is 1.73. The molecule has 0 aromatic heterocycles. The van der Waals surface area contributed by atoms with E-state index in [-0.39, 0.29) is 74.3 Å². The van der Waals surface area contributed by atoms with Gasteiger partial charge in [-0.1, -0.05) is 26.3 Å². The molecule has 4 saturated carbocycles. The van der Waals surface area contributed by atoms with Crippen molar-refractivity contribution < 1.29 is 154 Å². The van der Waals surface area contributed by atoms with Crippen LogP contribution in [0.5, 0.6) is 0 Å². The van der Waals surface area contributed by atoms with Crippen LogP contribution in [0.1, 0.15) is 78.1 Å². The van der Waals surface area contributed by atoms with Crippen molar-refractivity contribution in [3.05, 3.63) is 49.6 Å². The van der Waals surface area contributed by atoms with E-state index in [1.807, 2.05) is 0 Å². The Bertz CT molecular complexity index is 2840. The van der Waals surface area contributed by atoms with Crippen LogP contribution in [-0.2, 0) is 134 Å². The quantitative estimate of drug-likeness (QED) is 0.0692. The van der Waals surface area contributed by atoms with Crippen LogP contribution in [0.3, 0.4) is 0 Å². The second-order valence-corrected chi connectivity index (χ2v) is 20.6. The minimum atomic E-state index is -1.92. The molecule has 32 heteroatoms. The first-order valence-corrected chi connectivity index (χ1v) is 26.2. The van der Waals surface area contributed by atoms with E-state index in [1.165, 1.54) is 13.8 Å². The number of carboxylic acid groups (broad SMARTS) is 4. The van der Waals surface area contributed by atoms with E-state index in [0.717, 1.165) is 12.2 Å². The molecule has 86 heavy (non-hydrogen) atoms. The van der Waals surface area contributed by atoms with Crippen LogP contribution in [0, 0.1) is 35.5 Å². The third kappa shape index (κ3) is 16.4. The Morgan fingerprint density at radius 3 is 1.13 bits per heavy atom. The van der Waals surface area contributed by atoms with E-state index in [0.29, 0.717) is 12.8 Å². The van der Waals surface area contributed by atoms with E-state index in [9.17, 15) is 97.1 Å². The van der Waals surface area contributed by atoms with Gasteiger partial charge in [-0.25, -0.2) is 47.9 Å². The zero-order valence-electron chi connectivity index (χ0n) is 46.0. The van der Waals surface area contributed by atoms with Crippen LogP contribution in [0.15, 0.2) is 49.6 Å². The van der Waals surface area contributed by atoms with Gasteiger partial charge in [0.15, 0.2) is 50.8 Å². The summed E-state index contributed by atoms with van der Waals surface area (Å²) in [5.74, 6) is -17.6. The predicted octanol–water partition coefficient (Wildman–Crippen LogP) is -0.277. The van der Waals surface area contributed by atoms with Gasteiger partial charge in [-0.05, 0) is 39.5 Å². The summed E-state index contributed by atoms with van der Waals surface area (Å²) in [6.07, 6.45) is -2.30. The summed E-state index contributed by atoms with van der Waals surface area (Å²) in [5, 5.41) is 37.2. The van der Waals surface area contributed by atoms with E-state index in [2.05, 4.69) is 45.3 Å². The maximum atomic E-state index is 11.8. The van der Waals surface area contributed by atoms with Crippen molar-refractivity contribution in [2.45, 2.75) is 126 Å². The van der Waals surface area contributed by atoms with Crippen molar-refractivity contribution in [1.29, 1.82) is 0 Å². The van der Waals surface area contributed by atoms with Gasteiger partial charge in [0.05, 0.1) is 35.5 Å². The number of fused-ring (bicyclic) bond motifs is 8. The monoisotopic (exact) mass is 1220 g/mol. The fourth-order valence-corrected chi connectivity index (χ4v) is 10.3. The third-order valence-electron chi connectivity index (χ3n) is 14.6. The molecule has 4 saturated heterocycles. The zero-order valence-corrected chi connectivity index (χ0v) is 46.0. The van der Waals surface area contributed by atoms with E-state index in [1.54, 1.807) is 0 Å². The normalized spacial score (nSPS) is 29.8. The van der Waals surface area contributed by atoms with Crippen molar-refractivity contribution in [2.75, 3.05) is 26.4 Å². The maximum Gasteiger partial charge on any atom is 0.352 e. The Hall–Kier alpha value is -9.52. The molecule has 0 aromatic rings. The fourth-order valence-electron chi connectivity index (χ4n) is 10.3. The molecule has 4 aliphatic heterocycles. The Labute approximate surface area is 485 Å². The lowest BCUT2D eigenvalue weighted by molar-refractivity contribution is -0.199. The summed E-state index contributed by atoms with van der Waals surface area (Å²) in [6.45, 7) is 13.1. The first-order chi connectivity index (χ1) is 40.4. The Morgan fingerprint density at radius 1 is 0.477 bits per heavy atom. The summed E-state index contributed by atoms with van der Waals surface area (Å²) < 4.78 is 58.4. The molecule has 32 nitrogen and oxygen atoms in total. The van der Waals surface area contributed by atoms with E-state index < -0.39 is 193 Å². The highest BCUT2D eigenvalue weighted by molar-refractivity contribution is 5.91. The van der Waals surface area contributed by atoms with Crippen LogP contribution in [0.2, 0.25) is 0 Å². The van der Waals surface area contributed by atoms with Crippen molar-refractivity contribution >= 4 is 95.5 Å². The molecule has 0 spiro atoms. The lowest BCUT2D eigenvalue weighted by Gasteiger charge is -2.35. The minimum Gasteiger partial charge on any atom is -0.481 e. The number of esters is 12. The second-order valence-electron chi connectivity index (χ2n) is 20.6. The molecule has 8 bridgehead atoms. The van der Waals surface area contributed by atoms with Crippen molar-refractivity contribution in [3.63, 3.8) is 0 Å².